The van der Waals surface area contributed by atoms with Crippen LogP contribution in [0.4, 0.5) is 0 Å². The molecule has 4 aromatic heterocycles. The second kappa shape index (κ2) is 9.13. The first kappa shape index (κ1) is 27.4. The fraction of sp³-hybridized carbons (Fsp3) is 0.0638. The Morgan fingerprint density at radius 2 is 1.31 bits per heavy atom. The smallest absolute Gasteiger partial charge is 0.197 e. The number of hydrogen-bond acceptors (Lipinski definition) is 4. The van der Waals surface area contributed by atoms with Crippen LogP contribution < -0.4 is 0 Å². The van der Waals surface area contributed by atoms with E-state index in [-0.39, 0.29) is 5.41 Å². The Morgan fingerprint density at radius 1 is 0.577 bits per heavy atom. The van der Waals surface area contributed by atoms with E-state index >= 15 is 0 Å². The molecule has 0 saturated carbocycles. The van der Waals surface area contributed by atoms with Crippen LogP contribution in [-0.2, 0) is 5.41 Å². The molecule has 0 saturated heterocycles. The first-order valence-corrected chi connectivity index (χ1v) is 18.7. The first-order valence-electron chi connectivity index (χ1n) is 17.8. The number of fused-ring (bicyclic) bond motifs is 7. The Bertz CT molecular complexity index is 3450. The van der Waals surface area contributed by atoms with Gasteiger partial charge in [-0.05, 0) is 86.6 Å². The van der Waals surface area contributed by atoms with Crippen LogP contribution in [0.1, 0.15) is 25.0 Å². The van der Waals surface area contributed by atoms with Crippen molar-refractivity contribution in [3.63, 3.8) is 0 Å². The number of nitrogens with zero attached hydrogens (tertiary/aromatic N) is 3. The lowest BCUT2D eigenvalue weighted by Gasteiger charge is -2.21. The van der Waals surface area contributed by atoms with Crippen LogP contribution in [0.3, 0.4) is 0 Å². The molecular formula is C47H27N3OS. The van der Waals surface area contributed by atoms with Gasteiger partial charge in [-0.2, -0.15) is 0 Å². The molecule has 0 fully saturated rings. The maximum atomic E-state index is 6.74. The van der Waals surface area contributed by atoms with Crippen LogP contribution >= 0.6 is 11.3 Å². The summed E-state index contributed by atoms with van der Waals surface area (Å²) in [6.07, 6.45) is 0. The highest BCUT2D eigenvalue weighted by molar-refractivity contribution is 7.26. The Morgan fingerprint density at radius 3 is 2.23 bits per heavy atom. The zero-order chi connectivity index (χ0) is 34.0. The number of hydrogen-bond donors (Lipinski definition) is 0. The normalized spacial score (nSPS) is 14.1. The molecule has 4 nitrogen and oxygen atoms in total. The van der Waals surface area contributed by atoms with Crippen LogP contribution in [0.5, 0.6) is 0 Å². The van der Waals surface area contributed by atoms with E-state index in [2.05, 4.69) is 134 Å². The summed E-state index contributed by atoms with van der Waals surface area (Å²) in [5.41, 5.74) is 13.3. The van der Waals surface area contributed by atoms with Crippen molar-refractivity contribution in [2.75, 3.05) is 0 Å². The van der Waals surface area contributed by atoms with E-state index in [4.69, 9.17) is 14.4 Å². The van der Waals surface area contributed by atoms with E-state index in [0.29, 0.717) is 11.4 Å². The van der Waals surface area contributed by atoms with Gasteiger partial charge in [0.25, 0.3) is 0 Å². The molecule has 0 aliphatic heterocycles. The van der Waals surface area contributed by atoms with Gasteiger partial charge in [0.1, 0.15) is 11.1 Å². The van der Waals surface area contributed by atoms with Crippen molar-refractivity contribution in [3.8, 4) is 39.5 Å². The summed E-state index contributed by atoms with van der Waals surface area (Å²) >= 11 is 1.88. The largest absolute Gasteiger partial charge is 0.450 e. The summed E-state index contributed by atoms with van der Waals surface area (Å²) in [6, 6.07) is 46.4. The lowest BCUT2D eigenvalue weighted by atomic mass is 9.82. The third-order valence-electron chi connectivity index (χ3n) is 11.9. The summed E-state index contributed by atoms with van der Waals surface area (Å²) in [4.78, 5) is 10.8. The van der Waals surface area contributed by atoms with E-state index in [1.807, 2.05) is 23.5 Å². The van der Waals surface area contributed by atoms with Gasteiger partial charge >= 0.3 is 0 Å². The topological polar surface area (TPSA) is 43.9 Å². The third kappa shape index (κ3) is 3.16. The Kier molecular flexibility index (Phi) is 4.81. The monoisotopic (exact) mass is 681 g/mol. The molecule has 242 valence electrons. The van der Waals surface area contributed by atoms with Crippen molar-refractivity contribution in [3.05, 3.63) is 139 Å². The summed E-state index contributed by atoms with van der Waals surface area (Å²) in [7, 11) is 0. The van der Waals surface area contributed by atoms with E-state index in [0.717, 1.165) is 38.9 Å². The Balaban J connectivity index is 1.19. The van der Waals surface area contributed by atoms with E-state index < -0.39 is 0 Å². The molecule has 4 heterocycles. The van der Waals surface area contributed by atoms with Crippen molar-refractivity contribution >= 4 is 86.2 Å². The minimum absolute atomic E-state index is 0.0756. The average Bonchev–Trinajstić information content (AvgIpc) is 3.88. The number of aromatic nitrogens is 3. The highest BCUT2D eigenvalue weighted by Gasteiger charge is 2.35. The van der Waals surface area contributed by atoms with Crippen LogP contribution in [0.2, 0.25) is 0 Å². The van der Waals surface area contributed by atoms with Gasteiger partial charge in [-0.25, -0.2) is 9.97 Å². The van der Waals surface area contributed by atoms with Crippen LogP contribution in [0, 0.1) is 0 Å². The molecule has 0 unspecified atom stereocenters. The lowest BCUT2D eigenvalue weighted by Crippen LogP contribution is -2.14. The summed E-state index contributed by atoms with van der Waals surface area (Å²) in [6.45, 7) is 4.64. The van der Waals surface area contributed by atoms with Crippen LogP contribution in [-0.4, -0.2) is 14.5 Å². The second-order valence-electron chi connectivity index (χ2n) is 14.9. The minimum Gasteiger partial charge on any atom is -0.450 e. The maximum Gasteiger partial charge on any atom is 0.197 e. The minimum atomic E-state index is -0.0756. The standard InChI is InChI=1S/C47H27N3OS/c1-47(2)31-14-5-3-10-26(31)30-23-25(17-19-32(30)47)45-48-43-29-11-4-6-15-35(29)51-44(43)46(49-45)50-33-20-18-24-9-7-12-27-28-13-8-16-36-39(28)42-37(52-36)22-21-34(50)41(42)40(33)38(24)27/h3-23H,1-2H3. The molecule has 0 atom stereocenters. The molecule has 0 radical (unpaired) electrons. The van der Waals surface area contributed by atoms with Gasteiger partial charge in [0.2, 0.25) is 0 Å². The predicted octanol–water partition coefficient (Wildman–Crippen LogP) is 12.9. The van der Waals surface area contributed by atoms with Gasteiger partial charge in [-0.1, -0.05) is 98.8 Å². The highest BCUT2D eigenvalue weighted by atomic mass is 32.1. The fourth-order valence-electron chi connectivity index (χ4n) is 9.67. The molecule has 5 heteroatoms. The SMILES string of the molecule is CC1(C)c2ccccc2-c2cc(-c3nc(-n4c5ccc6cccc7c6c5c5c6c(ccc54)sc4cccc-7c46)c4oc5ccccc5c4n3)ccc21. The van der Waals surface area contributed by atoms with Crippen molar-refractivity contribution < 1.29 is 4.42 Å². The zero-order valence-corrected chi connectivity index (χ0v) is 29.1. The number of thiophene rings is 1. The molecule has 0 N–H and O–H groups in total. The maximum absolute atomic E-state index is 6.74. The molecule has 13 rings (SSSR count). The quantitative estimate of drug-likeness (QED) is 0.182. The van der Waals surface area contributed by atoms with Crippen LogP contribution in [0.15, 0.2) is 132 Å². The Labute approximate surface area is 301 Å². The molecule has 52 heavy (non-hydrogen) atoms. The highest BCUT2D eigenvalue weighted by Crippen LogP contribution is 2.53. The molecule has 2 aliphatic rings. The van der Waals surface area contributed by atoms with Crippen molar-refractivity contribution in [2.45, 2.75) is 19.3 Å². The van der Waals surface area contributed by atoms with Gasteiger partial charge in [0.15, 0.2) is 17.2 Å². The summed E-state index contributed by atoms with van der Waals surface area (Å²) < 4.78 is 11.7. The predicted molar refractivity (Wildman–Crippen MR) is 216 cm³/mol. The first-order chi connectivity index (χ1) is 25.5. The number of furan rings is 1. The number of para-hydroxylation sites is 1. The van der Waals surface area contributed by atoms with Gasteiger partial charge in [-0.15, -0.1) is 11.3 Å². The fourth-order valence-corrected chi connectivity index (χ4v) is 10.8. The van der Waals surface area contributed by atoms with Crippen molar-refractivity contribution in [1.29, 1.82) is 0 Å². The molecule has 7 aromatic carbocycles. The van der Waals surface area contributed by atoms with Gasteiger partial charge in [0, 0.05) is 47.3 Å². The van der Waals surface area contributed by atoms with Gasteiger partial charge in [-0.3, -0.25) is 4.57 Å². The summed E-state index contributed by atoms with van der Waals surface area (Å²) in [5.74, 6) is 1.45. The third-order valence-corrected chi connectivity index (χ3v) is 13.1. The van der Waals surface area contributed by atoms with Crippen molar-refractivity contribution in [1.82, 2.24) is 14.5 Å². The van der Waals surface area contributed by atoms with Gasteiger partial charge in [0.05, 0.1) is 11.0 Å². The molecule has 11 aromatic rings. The molecular weight excluding hydrogens is 655 g/mol. The Hall–Kier alpha value is -6.30. The summed E-state index contributed by atoms with van der Waals surface area (Å²) in [5, 5.41) is 8.74. The molecule has 0 amide bonds. The zero-order valence-electron chi connectivity index (χ0n) is 28.3. The van der Waals surface area contributed by atoms with E-state index in [1.54, 1.807) is 0 Å². The average molecular weight is 682 g/mol. The molecule has 0 bridgehead atoms. The van der Waals surface area contributed by atoms with Gasteiger partial charge < -0.3 is 4.42 Å². The van der Waals surface area contributed by atoms with E-state index in [1.165, 1.54) is 75.1 Å². The molecule has 0 spiro atoms. The van der Waals surface area contributed by atoms with E-state index in [9.17, 15) is 0 Å². The van der Waals surface area contributed by atoms with Crippen LogP contribution in [0.25, 0.3) is 114 Å². The lowest BCUT2D eigenvalue weighted by molar-refractivity contribution is 0.660. The second-order valence-corrected chi connectivity index (χ2v) is 16.0. The molecule has 2 aliphatic carbocycles. The number of rotatable bonds is 2. The van der Waals surface area contributed by atoms with Crippen molar-refractivity contribution in [2.24, 2.45) is 0 Å². The number of benzene rings is 7.